The lowest BCUT2D eigenvalue weighted by Crippen LogP contribution is -2.32. The van der Waals surface area contributed by atoms with Gasteiger partial charge in [-0.25, -0.2) is 0 Å². The highest BCUT2D eigenvalue weighted by atomic mass is 19.4. The zero-order valence-electron chi connectivity index (χ0n) is 12.7. The van der Waals surface area contributed by atoms with Crippen LogP contribution in [0.1, 0.15) is 13.3 Å². The van der Waals surface area contributed by atoms with Crippen LogP contribution < -0.4 is 9.64 Å². The average molecular weight is 337 g/mol. The van der Waals surface area contributed by atoms with Gasteiger partial charge in [-0.15, -0.1) is 13.2 Å². The van der Waals surface area contributed by atoms with E-state index in [1.165, 1.54) is 12.1 Å². The monoisotopic (exact) mass is 337 g/mol. The normalized spacial score (nSPS) is 31.5. The second kappa shape index (κ2) is 4.84. The Morgan fingerprint density at radius 3 is 2.33 bits per heavy atom. The third-order valence-corrected chi connectivity index (χ3v) is 5.21. The molecular formula is C17H14F3NO3. The van der Waals surface area contributed by atoms with E-state index in [1.54, 1.807) is 0 Å². The molecule has 0 radical (unpaired) electrons. The van der Waals surface area contributed by atoms with Gasteiger partial charge in [0, 0.05) is 0 Å². The van der Waals surface area contributed by atoms with E-state index in [1.807, 2.05) is 6.92 Å². The minimum atomic E-state index is -4.78. The minimum absolute atomic E-state index is 0.0919. The molecule has 2 amide bonds. The van der Waals surface area contributed by atoms with Crippen molar-refractivity contribution in [2.45, 2.75) is 19.7 Å². The Morgan fingerprint density at radius 1 is 1.08 bits per heavy atom. The number of ether oxygens (including phenoxy) is 1. The van der Waals surface area contributed by atoms with Crippen molar-refractivity contribution in [1.29, 1.82) is 0 Å². The summed E-state index contributed by atoms with van der Waals surface area (Å²) in [5.74, 6) is -1.37. The SMILES string of the molecule is CC1=C[C@H]2C[C@H]1[C@H]1C(=O)N(c3ccc(OC(F)(F)F)cc3)C(=O)[C@H]12. The van der Waals surface area contributed by atoms with Crippen LogP contribution >= 0.6 is 0 Å². The Morgan fingerprint density at radius 2 is 1.71 bits per heavy atom. The Bertz CT molecular complexity index is 753. The summed E-state index contributed by atoms with van der Waals surface area (Å²) in [6, 6.07) is 4.82. The summed E-state index contributed by atoms with van der Waals surface area (Å²) in [6.45, 7) is 1.98. The molecule has 0 N–H and O–H groups in total. The van der Waals surface area contributed by atoms with Crippen molar-refractivity contribution < 1.29 is 27.5 Å². The molecule has 2 bridgehead atoms. The second-order valence-corrected chi connectivity index (χ2v) is 6.52. The first-order chi connectivity index (χ1) is 11.3. The van der Waals surface area contributed by atoms with Crippen LogP contribution in [0.2, 0.25) is 0 Å². The molecule has 1 saturated heterocycles. The van der Waals surface area contributed by atoms with Gasteiger partial charge in [0.2, 0.25) is 11.8 Å². The smallest absolute Gasteiger partial charge is 0.406 e. The Labute approximate surface area is 135 Å². The van der Waals surface area contributed by atoms with Gasteiger partial charge in [0.05, 0.1) is 17.5 Å². The van der Waals surface area contributed by atoms with Crippen LogP contribution in [0.5, 0.6) is 5.75 Å². The van der Waals surface area contributed by atoms with E-state index in [2.05, 4.69) is 10.8 Å². The number of carbonyl (C=O) groups excluding carboxylic acids is 2. The van der Waals surface area contributed by atoms with Gasteiger partial charge >= 0.3 is 6.36 Å². The highest BCUT2D eigenvalue weighted by Crippen LogP contribution is 2.55. The molecule has 4 rings (SSSR count). The number of nitrogens with zero attached hydrogens (tertiary/aromatic N) is 1. The molecule has 0 aromatic heterocycles. The second-order valence-electron chi connectivity index (χ2n) is 6.52. The maximum absolute atomic E-state index is 12.7. The van der Waals surface area contributed by atoms with Crippen LogP contribution in [0.25, 0.3) is 0 Å². The zero-order valence-corrected chi connectivity index (χ0v) is 12.7. The molecule has 1 aromatic carbocycles. The fourth-order valence-electron chi connectivity index (χ4n) is 4.33. The maximum atomic E-state index is 12.7. The van der Waals surface area contributed by atoms with E-state index in [0.29, 0.717) is 0 Å². The highest BCUT2D eigenvalue weighted by Gasteiger charge is 2.60. The predicted octanol–water partition coefficient (Wildman–Crippen LogP) is 3.29. The summed E-state index contributed by atoms with van der Waals surface area (Å²) in [7, 11) is 0. The van der Waals surface area contributed by atoms with Crippen LogP contribution in [0, 0.1) is 23.7 Å². The maximum Gasteiger partial charge on any atom is 0.573 e. The van der Waals surface area contributed by atoms with Crippen LogP contribution in [-0.4, -0.2) is 18.2 Å². The lowest BCUT2D eigenvalue weighted by molar-refractivity contribution is -0.274. The first-order valence-electron chi connectivity index (χ1n) is 7.68. The molecule has 24 heavy (non-hydrogen) atoms. The molecule has 2 aliphatic carbocycles. The number of alkyl halides is 3. The Kier molecular flexibility index (Phi) is 3.07. The number of hydrogen-bond donors (Lipinski definition) is 0. The molecule has 4 atom stereocenters. The predicted molar refractivity (Wildman–Crippen MR) is 78.0 cm³/mol. The van der Waals surface area contributed by atoms with Crippen LogP contribution in [0.4, 0.5) is 18.9 Å². The summed E-state index contributed by atoms with van der Waals surface area (Å²) < 4.78 is 40.4. The van der Waals surface area contributed by atoms with E-state index in [4.69, 9.17) is 0 Å². The number of hydrogen-bond acceptors (Lipinski definition) is 3. The summed E-state index contributed by atoms with van der Waals surface area (Å²) in [5, 5.41) is 0. The molecule has 2 fully saturated rings. The van der Waals surface area contributed by atoms with Crippen LogP contribution in [-0.2, 0) is 9.59 Å². The average Bonchev–Trinajstić information content (AvgIpc) is 3.10. The molecular weight excluding hydrogens is 323 g/mol. The number of rotatable bonds is 2. The number of carbonyl (C=O) groups is 2. The number of amides is 2. The van der Waals surface area contributed by atoms with E-state index in [9.17, 15) is 22.8 Å². The molecule has 1 aromatic rings. The third-order valence-electron chi connectivity index (χ3n) is 5.21. The molecule has 0 unspecified atom stereocenters. The molecule has 0 spiro atoms. The van der Waals surface area contributed by atoms with Gasteiger partial charge in [-0.1, -0.05) is 11.6 Å². The summed E-state index contributed by atoms with van der Waals surface area (Å²) in [5.41, 5.74) is 1.43. The van der Waals surface area contributed by atoms with Crippen molar-refractivity contribution >= 4 is 17.5 Å². The molecule has 1 heterocycles. The fraction of sp³-hybridized carbons (Fsp3) is 0.412. The molecule has 3 aliphatic rings. The molecule has 126 valence electrons. The summed E-state index contributed by atoms with van der Waals surface area (Å²) in [6.07, 6.45) is -1.87. The van der Waals surface area contributed by atoms with E-state index >= 15 is 0 Å². The van der Waals surface area contributed by atoms with Crippen molar-refractivity contribution in [3.63, 3.8) is 0 Å². The van der Waals surface area contributed by atoms with Gasteiger partial charge in [0.1, 0.15) is 5.75 Å². The first-order valence-corrected chi connectivity index (χ1v) is 7.68. The third kappa shape index (κ3) is 2.14. The van der Waals surface area contributed by atoms with Gasteiger partial charge < -0.3 is 4.74 Å². The largest absolute Gasteiger partial charge is 0.573 e. The molecule has 1 aliphatic heterocycles. The first kappa shape index (κ1) is 15.2. The van der Waals surface area contributed by atoms with Crippen molar-refractivity contribution in [2.24, 2.45) is 23.7 Å². The highest BCUT2D eigenvalue weighted by molar-refractivity contribution is 6.22. The number of anilines is 1. The molecule has 4 nitrogen and oxygen atoms in total. The standard InChI is InChI=1S/C17H14F3NO3/c1-8-6-9-7-12(8)14-13(9)15(22)21(16(14)23)10-2-4-11(5-3-10)24-17(18,19)20/h2-6,9,12-14H,7H2,1H3/t9-,12+,13-,14+/m0/s1. The van der Waals surface area contributed by atoms with Crippen molar-refractivity contribution in [1.82, 2.24) is 0 Å². The summed E-state index contributed by atoms with van der Waals surface area (Å²) in [4.78, 5) is 26.5. The van der Waals surface area contributed by atoms with Crippen LogP contribution in [0.15, 0.2) is 35.9 Å². The molecule has 1 saturated carbocycles. The van der Waals surface area contributed by atoms with E-state index in [0.717, 1.165) is 29.0 Å². The number of fused-ring (bicyclic) bond motifs is 5. The minimum Gasteiger partial charge on any atom is -0.406 e. The number of allylic oxidation sites excluding steroid dienone is 2. The fourth-order valence-corrected chi connectivity index (χ4v) is 4.33. The Balaban J connectivity index is 1.60. The number of imide groups is 1. The zero-order chi connectivity index (χ0) is 17.2. The van der Waals surface area contributed by atoms with E-state index < -0.39 is 6.36 Å². The van der Waals surface area contributed by atoms with Gasteiger partial charge in [-0.3, -0.25) is 14.5 Å². The number of halogens is 3. The van der Waals surface area contributed by atoms with Gasteiger partial charge in [-0.2, -0.15) is 0 Å². The van der Waals surface area contributed by atoms with Gasteiger partial charge in [0.15, 0.2) is 0 Å². The van der Waals surface area contributed by atoms with Gasteiger partial charge in [0.25, 0.3) is 0 Å². The quantitative estimate of drug-likeness (QED) is 0.615. The molecule has 7 heteroatoms. The van der Waals surface area contributed by atoms with E-state index in [-0.39, 0.29) is 46.9 Å². The van der Waals surface area contributed by atoms with Gasteiger partial charge in [-0.05, 0) is 49.4 Å². The van der Waals surface area contributed by atoms with Crippen molar-refractivity contribution in [3.8, 4) is 5.75 Å². The topological polar surface area (TPSA) is 46.6 Å². The summed E-state index contributed by atoms with van der Waals surface area (Å²) >= 11 is 0. The number of benzene rings is 1. The lowest BCUT2D eigenvalue weighted by atomic mass is 9.82. The van der Waals surface area contributed by atoms with Crippen molar-refractivity contribution in [2.75, 3.05) is 4.90 Å². The lowest BCUT2D eigenvalue weighted by Gasteiger charge is -2.19. The van der Waals surface area contributed by atoms with Crippen molar-refractivity contribution in [3.05, 3.63) is 35.9 Å². The van der Waals surface area contributed by atoms with Crippen LogP contribution in [0.3, 0.4) is 0 Å². The Hall–Kier alpha value is -2.31.